The van der Waals surface area contributed by atoms with Crippen molar-refractivity contribution >= 4 is 11.6 Å². The van der Waals surface area contributed by atoms with Gasteiger partial charge in [0.25, 0.3) is 0 Å². The topological polar surface area (TPSA) is 12.5 Å². The molecule has 1 aromatic carbocycles. The van der Waals surface area contributed by atoms with Crippen LogP contribution >= 0.6 is 11.6 Å². The molecule has 0 aliphatic carbocycles. The molecule has 20 heavy (non-hydrogen) atoms. The maximum absolute atomic E-state index is 6.01. The van der Waals surface area contributed by atoms with Crippen LogP contribution in [0.15, 0.2) is 24.3 Å². The van der Waals surface area contributed by atoms with E-state index < -0.39 is 0 Å². The van der Waals surface area contributed by atoms with E-state index in [0.29, 0.717) is 17.8 Å². The SMILES string of the molecule is CCC(CC)N(CCCl)CC1CCOc2ccccc21. The number of ether oxygens (including phenoxy) is 1. The summed E-state index contributed by atoms with van der Waals surface area (Å²) in [7, 11) is 0. The summed E-state index contributed by atoms with van der Waals surface area (Å²) < 4.78 is 5.76. The number of rotatable bonds is 7. The van der Waals surface area contributed by atoms with Gasteiger partial charge in [-0.3, -0.25) is 4.90 Å². The number of hydrogen-bond donors (Lipinski definition) is 0. The maximum atomic E-state index is 6.01. The molecule has 1 aliphatic rings. The van der Waals surface area contributed by atoms with Crippen LogP contribution < -0.4 is 4.74 Å². The van der Waals surface area contributed by atoms with Gasteiger partial charge in [0.2, 0.25) is 0 Å². The summed E-state index contributed by atoms with van der Waals surface area (Å²) in [5.74, 6) is 2.35. The molecule has 0 spiro atoms. The van der Waals surface area contributed by atoms with Gasteiger partial charge >= 0.3 is 0 Å². The summed E-state index contributed by atoms with van der Waals surface area (Å²) >= 11 is 6.01. The third kappa shape index (κ3) is 3.67. The molecule has 0 aromatic heterocycles. The zero-order valence-corrected chi connectivity index (χ0v) is 13.4. The normalized spacial score (nSPS) is 18.1. The fourth-order valence-electron chi connectivity index (χ4n) is 3.23. The van der Waals surface area contributed by atoms with Crippen molar-refractivity contribution in [3.05, 3.63) is 29.8 Å². The first-order valence-electron chi connectivity index (χ1n) is 7.81. The molecule has 112 valence electrons. The fourth-order valence-corrected chi connectivity index (χ4v) is 3.44. The summed E-state index contributed by atoms with van der Waals surface area (Å²) in [6.45, 7) is 7.45. The zero-order valence-electron chi connectivity index (χ0n) is 12.6. The first kappa shape index (κ1) is 15.7. The molecule has 1 aromatic rings. The van der Waals surface area contributed by atoms with Crippen molar-refractivity contribution in [1.29, 1.82) is 0 Å². The third-order valence-electron chi connectivity index (χ3n) is 4.37. The Labute approximate surface area is 128 Å². The van der Waals surface area contributed by atoms with Gasteiger partial charge in [-0.05, 0) is 30.9 Å². The highest BCUT2D eigenvalue weighted by Gasteiger charge is 2.25. The molecule has 1 heterocycles. The van der Waals surface area contributed by atoms with E-state index in [1.807, 2.05) is 0 Å². The molecule has 0 saturated heterocycles. The lowest BCUT2D eigenvalue weighted by molar-refractivity contribution is 0.165. The minimum absolute atomic E-state index is 0.573. The lowest BCUT2D eigenvalue weighted by atomic mass is 9.92. The van der Waals surface area contributed by atoms with E-state index in [4.69, 9.17) is 16.3 Å². The van der Waals surface area contributed by atoms with Crippen LogP contribution in [0.4, 0.5) is 0 Å². The van der Waals surface area contributed by atoms with Crippen LogP contribution in [-0.2, 0) is 0 Å². The van der Waals surface area contributed by atoms with Crippen LogP contribution in [0.1, 0.15) is 44.6 Å². The van der Waals surface area contributed by atoms with Gasteiger partial charge in [-0.1, -0.05) is 32.0 Å². The molecule has 1 unspecified atom stereocenters. The quantitative estimate of drug-likeness (QED) is 0.696. The predicted molar refractivity (Wildman–Crippen MR) is 86.0 cm³/mol. The Bertz CT molecular complexity index is 406. The van der Waals surface area contributed by atoms with Crippen LogP contribution in [0.25, 0.3) is 0 Å². The van der Waals surface area contributed by atoms with E-state index in [1.165, 1.54) is 18.4 Å². The summed E-state index contributed by atoms with van der Waals surface area (Å²) in [6, 6.07) is 9.11. The van der Waals surface area contributed by atoms with E-state index in [9.17, 15) is 0 Å². The van der Waals surface area contributed by atoms with E-state index in [1.54, 1.807) is 0 Å². The lowest BCUT2D eigenvalue weighted by Gasteiger charge is -2.35. The van der Waals surface area contributed by atoms with E-state index >= 15 is 0 Å². The molecular weight excluding hydrogens is 270 g/mol. The highest BCUT2D eigenvalue weighted by atomic mass is 35.5. The molecule has 1 atom stereocenters. The van der Waals surface area contributed by atoms with E-state index in [2.05, 4.69) is 43.0 Å². The number of fused-ring (bicyclic) bond motifs is 1. The molecule has 0 N–H and O–H groups in total. The Hall–Kier alpha value is -0.730. The second-order valence-corrected chi connectivity index (χ2v) is 5.90. The van der Waals surface area contributed by atoms with Crippen LogP contribution in [0.3, 0.4) is 0 Å². The number of alkyl halides is 1. The summed E-state index contributed by atoms with van der Waals surface area (Å²) in [5, 5.41) is 0. The smallest absolute Gasteiger partial charge is 0.122 e. The molecular formula is C17H26ClNO. The summed E-state index contributed by atoms with van der Waals surface area (Å²) in [5.41, 5.74) is 1.37. The van der Waals surface area contributed by atoms with Crippen LogP contribution in [0.5, 0.6) is 5.75 Å². The number of benzene rings is 1. The molecule has 2 nitrogen and oxygen atoms in total. The molecule has 3 heteroatoms. The molecule has 0 saturated carbocycles. The van der Waals surface area contributed by atoms with Crippen LogP contribution in [-0.4, -0.2) is 36.5 Å². The number of hydrogen-bond acceptors (Lipinski definition) is 2. The second-order valence-electron chi connectivity index (χ2n) is 5.53. The molecule has 0 fully saturated rings. The molecule has 0 radical (unpaired) electrons. The predicted octanol–water partition coefficient (Wildman–Crippen LogP) is 4.28. The monoisotopic (exact) mass is 295 g/mol. The zero-order chi connectivity index (χ0) is 14.4. The molecule has 2 rings (SSSR count). The highest BCUT2D eigenvalue weighted by Crippen LogP contribution is 2.34. The average molecular weight is 296 g/mol. The highest BCUT2D eigenvalue weighted by molar-refractivity contribution is 6.18. The number of para-hydroxylation sites is 1. The van der Waals surface area contributed by atoms with Crippen molar-refractivity contribution in [2.45, 2.75) is 45.1 Å². The summed E-state index contributed by atoms with van der Waals surface area (Å²) in [4.78, 5) is 2.57. The van der Waals surface area contributed by atoms with Crippen molar-refractivity contribution in [2.24, 2.45) is 0 Å². The van der Waals surface area contributed by atoms with Crippen LogP contribution in [0.2, 0.25) is 0 Å². The van der Waals surface area contributed by atoms with Gasteiger partial charge in [0.05, 0.1) is 6.61 Å². The van der Waals surface area contributed by atoms with Gasteiger partial charge in [0.15, 0.2) is 0 Å². The standard InChI is InChI=1S/C17H26ClNO/c1-3-15(4-2)19(11-10-18)13-14-9-12-20-17-8-6-5-7-16(14)17/h5-8,14-15H,3-4,9-13H2,1-2H3. The van der Waals surface area contributed by atoms with Crippen molar-refractivity contribution in [1.82, 2.24) is 4.90 Å². The number of halogens is 1. The Morgan fingerprint density at radius 3 is 2.75 bits per heavy atom. The van der Waals surface area contributed by atoms with E-state index in [-0.39, 0.29) is 0 Å². The second kappa shape index (κ2) is 7.90. The Kier molecular flexibility index (Phi) is 6.18. The average Bonchev–Trinajstić information content (AvgIpc) is 2.49. The minimum Gasteiger partial charge on any atom is -0.493 e. The lowest BCUT2D eigenvalue weighted by Crippen LogP contribution is -2.39. The molecule has 0 amide bonds. The number of nitrogens with zero attached hydrogens (tertiary/aromatic N) is 1. The van der Waals surface area contributed by atoms with Gasteiger partial charge in [-0.2, -0.15) is 0 Å². The first-order chi connectivity index (χ1) is 9.80. The third-order valence-corrected chi connectivity index (χ3v) is 4.54. The largest absolute Gasteiger partial charge is 0.493 e. The van der Waals surface area contributed by atoms with Crippen LogP contribution in [0, 0.1) is 0 Å². The maximum Gasteiger partial charge on any atom is 0.122 e. The Morgan fingerprint density at radius 2 is 2.05 bits per heavy atom. The summed E-state index contributed by atoms with van der Waals surface area (Å²) in [6.07, 6.45) is 3.49. The minimum atomic E-state index is 0.573. The van der Waals surface area contributed by atoms with E-state index in [0.717, 1.165) is 31.9 Å². The Morgan fingerprint density at radius 1 is 1.30 bits per heavy atom. The van der Waals surface area contributed by atoms with Gasteiger partial charge in [-0.15, -0.1) is 11.6 Å². The van der Waals surface area contributed by atoms with Gasteiger partial charge in [0.1, 0.15) is 5.75 Å². The van der Waals surface area contributed by atoms with Gasteiger partial charge in [0, 0.05) is 30.9 Å². The van der Waals surface area contributed by atoms with Gasteiger partial charge in [-0.25, -0.2) is 0 Å². The van der Waals surface area contributed by atoms with Crippen molar-refractivity contribution < 1.29 is 4.74 Å². The first-order valence-corrected chi connectivity index (χ1v) is 8.35. The fraction of sp³-hybridized carbons (Fsp3) is 0.647. The van der Waals surface area contributed by atoms with Crippen molar-refractivity contribution in [3.63, 3.8) is 0 Å². The van der Waals surface area contributed by atoms with Crippen molar-refractivity contribution in [3.8, 4) is 5.75 Å². The molecule has 0 bridgehead atoms. The van der Waals surface area contributed by atoms with Gasteiger partial charge < -0.3 is 4.74 Å². The molecule has 1 aliphatic heterocycles. The van der Waals surface area contributed by atoms with Crippen molar-refractivity contribution in [2.75, 3.05) is 25.6 Å². The Balaban J connectivity index is 2.11.